The zero-order chi connectivity index (χ0) is 17.6. The molecule has 0 radical (unpaired) electrons. The van der Waals surface area contributed by atoms with Crippen LogP contribution >= 0.6 is 0 Å². The van der Waals surface area contributed by atoms with Crippen molar-refractivity contribution in [2.45, 2.75) is 43.9 Å². The zero-order valence-corrected chi connectivity index (χ0v) is 13.4. The van der Waals surface area contributed by atoms with E-state index in [1.807, 2.05) is 0 Å². The summed E-state index contributed by atoms with van der Waals surface area (Å²) in [5.74, 6) is 6.06. The highest BCUT2D eigenvalue weighted by Gasteiger charge is 2.56. The van der Waals surface area contributed by atoms with Crippen molar-refractivity contribution in [1.82, 2.24) is 14.9 Å². The Hall–Kier alpha value is -2.38. The van der Waals surface area contributed by atoms with E-state index >= 15 is 0 Å². The number of nitrogens with zero attached hydrogens (tertiary/aromatic N) is 3. The van der Waals surface area contributed by atoms with Gasteiger partial charge in [0, 0.05) is 0 Å². The smallest absolute Gasteiger partial charge is 0.199 e. The molecule has 0 saturated carbocycles. The van der Waals surface area contributed by atoms with Crippen LogP contribution < -0.4 is 16.8 Å². The molecule has 0 bridgehead atoms. The van der Waals surface area contributed by atoms with Gasteiger partial charge in [0.05, 0.1) is 18.1 Å². The molecule has 0 spiro atoms. The van der Waals surface area contributed by atoms with E-state index in [1.54, 1.807) is 11.5 Å². The summed E-state index contributed by atoms with van der Waals surface area (Å²) >= 11 is 0. The molecule has 128 valence electrons. The molecule has 1 fully saturated rings. The van der Waals surface area contributed by atoms with Crippen LogP contribution in [0.1, 0.15) is 25.8 Å². The van der Waals surface area contributed by atoms with Crippen molar-refractivity contribution in [2.75, 3.05) is 0 Å². The van der Waals surface area contributed by atoms with Crippen LogP contribution in [0.3, 0.4) is 0 Å². The van der Waals surface area contributed by atoms with Crippen LogP contribution in [0.5, 0.6) is 0 Å². The molecule has 9 heteroatoms. The van der Waals surface area contributed by atoms with Crippen molar-refractivity contribution >= 4 is 17.5 Å². The first-order valence-electron chi connectivity index (χ1n) is 7.41. The quantitative estimate of drug-likeness (QED) is 0.426. The molecule has 9 nitrogen and oxygen atoms in total. The van der Waals surface area contributed by atoms with Crippen molar-refractivity contribution in [2.24, 2.45) is 16.5 Å². The molecule has 1 saturated heterocycles. The molecule has 24 heavy (non-hydrogen) atoms. The van der Waals surface area contributed by atoms with Gasteiger partial charge in [0.1, 0.15) is 17.9 Å². The second-order valence-corrected chi connectivity index (χ2v) is 5.87. The summed E-state index contributed by atoms with van der Waals surface area (Å²) in [6.45, 7) is 6.97. The van der Waals surface area contributed by atoms with Gasteiger partial charge in [0.2, 0.25) is 0 Å². The Morgan fingerprint density at radius 3 is 2.92 bits per heavy atom. The van der Waals surface area contributed by atoms with Crippen molar-refractivity contribution in [3.05, 3.63) is 18.6 Å². The van der Waals surface area contributed by atoms with Gasteiger partial charge in [-0.3, -0.25) is 4.57 Å². The van der Waals surface area contributed by atoms with E-state index in [-0.39, 0.29) is 5.96 Å². The van der Waals surface area contributed by atoms with E-state index in [2.05, 4.69) is 33.7 Å². The molecular weight excluding hydrogens is 312 g/mol. The largest absolute Gasteiger partial charge is 0.391 e. The normalized spacial score (nSPS) is 33.1. The third kappa shape index (κ3) is 2.28. The van der Waals surface area contributed by atoms with Crippen LogP contribution in [0.4, 0.5) is 5.82 Å². The summed E-state index contributed by atoms with van der Waals surface area (Å²) in [5.41, 5.74) is 11.6. The Bertz CT molecular complexity index is 774. The molecule has 3 heterocycles. The highest BCUT2D eigenvalue weighted by atomic mass is 16.5. The molecule has 1 aromatic heterocycles. The first-order chi connectivity index (χ1) is 11.3. The Balaban J connectivity index is 2.12. The summed E-state index contributed by atoms with van der Waals surface area (Å²) in [4.78, 5) is 8.46. The maximum absolute atomic E-state index is 10.6. The predicted molar refractivity (Wildman–Crippen MR) is 87.6 cm³/mol. The molecule has 2 aliphatic heterocycles. The van der Waals surface area contributed by atoms with Crippen molar-refractivity contribution < 1.29 is 14.9 Å². The fourth-order valence-corrected chi connectivity index (χ4v) is 2.98. The molecular formula is C15H20N6O3. The lowest BCUT2D eigenvalue weighted by Gasteiger charge is -2.28. The van der Waals surface area contributed by atoms with E-state index in [1.165, 1.54) is 13.3 Å². The number of guanidine groups is 1. The van der Waals surface area contributed by atoms with Crippen molar-refractivity contribution in [1.29, 1.82) is 0 Å². The number of aliphatic imine (C=N–C) groups is 1. The van der Waals surface area contributed by atoms with E-state index < -0.39 is 30.1 Å². The summed E-state index contributed by atoms with van der Waals surface area (Å²) in [6.07, 6.45) is -2.46. The molecule has 0 aliphatic carbocycles. The molecule has 1 aromatic rings. The van der Waals surface area contributed by atoms with Gasteiger partial charge < -0.3 is 31.7 Å². The van der Waals surface area contributed by atoms with E-state index in [0.29, 0.717) is 17.2 Å². The highest BCUT2D eigenvalue weighted by molar-refractivity contribution is 5.93. The summed E-state index contributed by atoms with van der Waals surface area (Å²) in [5, 5.41) is 23.2. The standard InChI is InChI=1S/C15H20N6O3/c1-4-5-15(17)11(23)10(8(3)22)24-13(15)21-6-18-9-7(2)19-14(16)20-12(9)21/h6,8,10-11,13,22-23H,2,17H2,1,3H3,(H3,16,19,20)/t8-,10?,11?,13+,15+/m0/s1. The molecule has 5 atom stereocenters. The van der Waals surface area contributed by atoms with Gasteiger partial charge in [0.15, 0.2) is 23.5 Å². The van der Waals surface area contributed by atoms with Crippen LogP contribution in [0, 0.1) is 11.8 Å². The zero-order valence-electron chi connectivity index (χ0n) is 13.4. The lowest BCUT2D eigenvalue weighted by atomic mass is 9.90. The highest BCUT2D eigenvalue weighted by Crippen LogP contribution is 2.41. The second kappa shape index (κ2) is 5.61. The molecule has 3 rings (SSSR count). The van der Waals surface area contributed by atoms with Gasteiger partial charge in [-0.2, -0.15) is 4.99 Å². The molecule has 0 aromatic carbocycles. The topological polar surface area (TPSA) is 144 Å². The number of nitrogens with two attached hydrogens (primary N) is 2. The van der Waals surface area contributed by atoms with Gasteiger partial charge in [0.25, 0.3) is 0 Å². The summed E-state index contributed by atoms with van der Waals surface area (Å²) in [7, 11) is 0. The third-order valence-electron chi connectivity index (χ3n) is 4.12. The number of hydrogen-bond donors (Lipinski definition) is 5. The minimum Gasteiger partial charge on any atom is -0.391 e. The van der Waals surface area contributed by atoms with Crippen LogP contribution in [0.25, 0.3) is 5.70 Å². The number of ether oxygens (including phenoxy) is 1. The lowest BCUT2D eigenvalue weighted by Crippen LogP contribution is -2.54. The van der Waals surface area contributed by atoms with Gasteiger partial charge in [-0.25, -0.2) is 4.98 Å². The number of aromatic nitrogens is 2. The number of aliphatic hydroxyl groups is 2. The predicted octanol–water partition coefficient (Wildman–Crippen LogP) is -1.24. The number of imidazole rings is 1. The van der Waals surface area contributed by atoms with Crippen LogP contribution in [0.15, 0.2) is 17.9 Å². The Morgan fingerprint density at radius 1 is 1.58 bits per heavy atom. The van der Waals surface area contributed by atoms with Crippen molar-refractivity contribution in [3.8, 4) is 11.8 Å². The van der Waals surface area contributed by atoms with Crippen LogP contribution in [0.2, 0.25) is 0 Å². The number of aliphatic hydroxyl groups excluding tert-OH is 2. The van der Waals surface area contributed by atoms with Gasteiger partial charge in [-0.1, -0.05) is 12.5 Å². The molecule has 7 N–H and O–H groups in total. The number of rotatable bonds is 2. The van der Waals surface area contributed by atoms with Gasteiger partial charge >= 0.3 is 0 Å². The summed E-state index contributed by atoms with van der Waals surface area (Å²) in [6, 6.07) is 0. The number of fused-ring (bicyclic) bond motifs is 1. The van der Waals surface area contributed by atoms with Crippen molar-refractivity contribution in [3.63, 3.8) is 0 Å². The lowest BCUT2D eigenvalue weighted by molar-refractivity contribution is -0.0761. The van der Waals surface area contributed by atoms with Crippen LogP contribution in [-0.4, -0.2) is 49.6 Å². The monoisotopic (exact) mass is 332 g/mol. The second-order valence-electron chi connectivity index (χ2n) is 5.87. The minimum absolute atomic E-state index is 0.157. The fourth-order valence-electron chi connectivity index (χ4n) is 2.98. The van der Waals surface area contributed by atoms with E-state index in [9.17, 15) is 10.2 Å². The fraction of sp³-hybridized carbons (Fsp3) is 0.467. The minimum atomic E-state index is -1.44. The summed E-state index contributed by atoms with van der Waals surface area (Å²) < 4.78 is 7.37. The molecule has 2 unspecified atom stereocenters. The van der Waals surface area contributed by atoms with E-state index in [4.69, 9.17) is 16.2 Å². The number of nitrogens with one attached hydrogen (secondary N) is 1. The molecule has 2 aliphatic rings. The number of hydrogen-bond acceptors (Lipinski definition) is 8. The van der Waals surface area contributed by atoms with Gasteiger partial charge in [-0.05, 0) is 13.8 Å². The SMILES string of the molecule is C=C1NC(N)=Nc2c1ncn2[C@@H]1OC([C@H](C)O)C(O)[C@]1(N)C#CC. The maximum atomic E-state index is 10.6. The molecule has 0 amide bonds. The Morgan fingerprint density at radius 2 is 2.29 bits per heavy atom. The Labute approximate surface area is 139 Å². The average Bonchev–Trinajstić information content (AvgIpc) is 3.00. The van der Waals surface area contributed by atoms with E-state index in [0.717, 1.165) is 0 Å². The third-order valence-corrected chi connectivity index (χ3v) is 4.12. The first-order valence-corrected chi connectivity index (χ1v) is 7.41. The Kier molecular flexibility index (Phi) is 3.85. The first kappa shape index (κ1) is 16.5. The maximum Gasteiger partial charge on any atom is 0.199 e. The van der Waals surface area contributed by atoms with Gasteiger partial charge in [-0.15, -0.1) is 5.92 Å². The van der Waals surface area contributed by atoms with Crippen LogP contribution in [-0.2, 0) is 4.74 Å². The average molecular weight is 332 g/mol.